The summed E-state index contributed by atoms with van der Waals surface area (Å²) in [5.74, 6) is -0.278. The highest BCUT2D eigenvalue weighted by Gasteiger charge is 2.42. The van der Waals surface area contributed by atoms with E-state index in [2.05, 4.69) is 32.1 Å². The molecule has 1 aliphatic rings. The maximum absolute atomic E-state index is 12.4. The van der Waals surface area contributed by atoms with Gasteiger partial charge in [-0.1, -0.05) is 15.9 Å². The molecule has 0 aliphatic heterocycles. The molecule has 108 valence electrons. The maximum atomic E-state index is 12.4. The van der Waals surface area contributed by atoms with Gasteiger partial charge < -0.3 is 10.1 Å². The molecule has 1 aromatic carbocycles. The Balaban J connectivity index is 2.09. The Morgan fingerprint density at radius 2 is 2.10 bits per heavy atom. The minimum atomic E-state index is -4.73. The Morgan fingerprint density at radius 1 is 1.40 bits per heavy atom. The third kappa shape index (κ3) is 4.04. The van der Waals surface area contributed by atoms with E-state index in [0.717, 1.165) is 12.8 Å². The number of benzene rings is 1. The average Bonchev–Trinajstić information content (AvgIpc) is 3.07. The van der Waals surface area contributed by atoms with Crippen LogP contribution in [0.4, 0.5) is 18.9 Å². The van der Waals surface area contributed by atoms with Gasteiger partial charge in [0.15, 0.2) is 5.75 Å². The van der Waals surface area contributed by atoms with Crippen molar-refractivity contribution >= 4 is 21.6 Å². The van der Waals surface area contributed by atoms with Crippen LogP contribution in [0.15, 0.2) is 22.7 Å². The highest BCUT2D eigenvalue weighted by molar-refractivity contribution is 9.10. The molecule has 0 unspecified atom stereocenters. The van der Waals surface area contributed by atoms with Gasteiger partial charge in [-0.2, -0.15) is 5.26 Å². The summed E-state index contributed by atoms with van der Waals surface area (Å²) in [4.78, 5) is 0. The molecule has 0 amide bonds. The van der Waals surface area contributed by atoms with Gasteiger partial charge in [-0.3, -0.25) is 0 Å². The molecular weight excluding hydrogens is 337 g/mol. The van der Waals surface area contributed by atoms with Crippen LogP contribution in [-0.4, -0.2) is 12.9 Å². The van der Waals surface area contributed by atoms with Crippen molar-refractivity contribution < 1.29 is 17.9 Å². The van der Waals surface area contributed by atoms with Crippen molar-refractivity contribution in [2.24, 2.45) is 5.41 Å². The van der Waals surface area contributed by atoms with E-state index in [4.69, 9.17) is 5.26 Å². The quantitative estimate of drug-likeness (QED) is 0.854. The highest BCUT2D eigenvalue weighted by atomic mass is 79.9. The SMILES string of the molecule is N#CCC1(CNc2ccc(Br)cc2OC(F)(F)F)CC1. The van der Waals surface area contributed by atoms with E-state index < -0.39 is 6.36 Å². The first kappa shape index (κ1) is 15.0. The number of ether oxygens (including phenoxy) is 1. The van der Waals surface area contributed by atoms with E-state index in [1.165, 1.54) is 12.1 Å². The molecule has 2 rings (SSSR count). The number of halogens is 4. The second kappa shape index (κ2) is 5.52. The highest BCUT2D eigenvalue weighted by Crippen LogP contribution is 2.49. The Morgan fingerprint density at radius 3 is 2.65 bits per heavy atom. The molecule has 0 spiro atoms. The molecule has 1 N–H and O–H groups in total. The zero-order chi connectivity index (χ0) is 14.8. The van der Waals surface area contributed by atoms with Crippen molar-refractivity contribution in [3.8, 4) is 11.8 Å². The molecule has 20 heavy (non-hydrogen) atoms. The Kier molecular flexibility index (Phi) is 4.14. The van der Waals surface area contributed by atoms with Gasteiger partial charge in [-0.15, -0.1) is 13.2 Å². The first-order valence-corrected chi connectivity index (χ1v) is 6.79. The van der Waals surface area contributed by atoms with Gasteiger partial charge in [-0.25, -0.2) is 0 Å². The van der Waals surface area contributed by atoms with Crippen LogP contribution < -0.4 is 10.1 Å². The summed E-state index contributed by atoms with van der Waals surface area (Å²) in [7, 11) is 0. The third-order valence-electron chi connectivity index (χ3n) is 3.23. The zero-order valence-corrected chi connectivity index (χ0v) is 12.0. The van der Waals surface area contributed by atoms with Crippen molar-refractivity contribution in [3.05, 3.63) is 22.7 Å². The number of alkyl halides is 3. The number of hydrogen-bond acceptors (Lipinski definition) is 3. The largest absolute Gasteiger partial charge is 0.573 e. The zero-order valence-electron chi connectivity index (χ0n) is 10.4. The lowest BCUT2D eigenvalue weighted by molar-refractivity contribution is -0.274. The summed E-state index contributed by atoms with van der Waals surface area (Å²) >= 11 is 3.11. The molecule has 0 atom stereocenters. The number of hydrogen-bond donors (Lipinski definition) is 1. The number of nitrogens with zero attached hydrogens (tertiary/aromatic N) is 1. The standard InChI is InChI=1S/C13H12BrF3N2O/c14-9-1-2-10(11(7-9)20-13(15,16)17)19-8-12(3-4-12)5-6-18/h1-2,7,19H,3-5,8H2. The molecule has 1 aromatic rings. The van der Waals surface area contributed by atoms with Crippen LogP contribution in [0.5, 0.6) is 5.75 Å². The predicted octanol–water partition coefficient (Wildman–Crippen LogP) is 4.45. The molecule has 0 bridgehead atoms. The molecule has 0 heterocycles. The topological polar surface area (TPSA) is 45.0 Å². The van der Waals surface area contributed by atoms with Crippen LogP contribution in [0.3, 0.4) is 0 Å². The van der Waals surface area contributed by atoms with Crippen molar-refractivity contribution in [3.63, 3.8) is 0 Å². The lowest BCUT2D eigenvalue weighted by Gasteiger charge is -2.17. The van der Waals surface area contributed by atoms with Crippen LogP contribution >= 0.6 is 15.9 Å². The second-order valence-corrected chi connectivity index (χ2v) is 5.79. The van der Waals surface area contributed by atoms with Gasteiger partial charge in [0.25, 0.3) is 0 Å². The van der Waals surface area contributed by atoms with E-state index in [-0.39, 0.29) is 16.9 Å². The van der Waals surface area contributed by atoms with Gasteiger partial charge >= 0.3 is 6.36 Å². The van der Waals surface area contributed by atoms with Crippen molar-refractivity contribution in [1.29, 1.82) is 5.26 Å². The number of nitrogens with one attached hydrogen (secondary N) is 1. The molecule has 1 fully saturated rings. The van der Waals surface area contributed by atoms with Crippen LogP contribution in [0.2, 0.25) is 0 Å². The van der Waals surface area contributed by atoms with Gasteiger partial charge in [0.1, 0.15) is 0 Å². The minimum absolute atomic E-state index is 0.0999. The molecule has 7 heteroatoms. The van der Waals surface area contributed by atoms with Gasteiger partial charge in [0.2, 0.25) is 0 Å². The Bertz CT molecular complexity index is 535. The average molecular weight is 349 g/mol. The number of anilines is 1. The fourth-order valence-corrected chi connectivity index (χ4v) is 2.23. The normalized spacial score (nSPS) is 16.4. The maximum Gasteiger partial charge on any atom is 0.573 e. The lowest BCUT2D eigenvalue weighted by Crippen LogP contribution is -2.20. The second-order valence-electron chi connectivity index (χ2n) is 4.88. The summed E-state index contributed by atoms with van der Waals surface area (Å²) in [5.41, 5.74) is 0.173. The predicted molar refractivity (Wildman–Crippen MR) is 71.2 cm³/mol. The fourth-order valence-electron chi connectivity index (χ4n) is 1.89. The fraction of sp³-hybridized carbons (Fsp3) is 0.462. The van der Waals surface area contributed by atoms with E-state index in [0.29, 0.717) is 17.4 Å². The van der Waals surface area contributed by atoms with E-state index in [1.54, 1.807) is 6.07 Å². The molecule has 0 aromatic heterocycles. The summed E-state index contributed by atoms with van der Waals surface area (Å²) in [6.07, 6.45) is -2.49. The molecule has 0 saturated heterocycles. The molecular formula is C13H12BrF3N2O. The summed E-state index contributed by atoms with van der Waals surface area (Å²) in [5, 5.41) is 11.7. The summed E-state index contributed by atoms with van der Waals surface area (Å²) in [6.45, 7) is 0.469. The van der Waals surface area contributed by atoms with Crippen LogP contribution in [0.25, 0.3) is 0 Å². The van der Waals surface area contributed by atoms with Crippen molar-refractivity contribution in [2.75, 3.05) is 11.9 Å². The molecule has 1 aliphatic carbocycles. The first-order chi connectivity index (χ1) is 9.34. The monoisotopic (exact) mass is 348 g/mol. The third-order valence-corrected chi connectivity index (χ3v) is 3.73. The van der Waals surface area contributed by atoms with Gasteiger partial charge in [0, 0.05) is 22.9 Å². The lowest BCUT2D eigenvalue weighted by atomic mass is 10.0. The van der Waals surface area contributed by atoms with Crippen LogP contribution in [-0.2, 0) is 0 Å². The van der Waals surface area contributed by atoms with E-state index in [1.807, 2.05) is 0 Å². The molecule has 3 nitrogen and oxygen atoms in total. The van der Waals surface area contributed by atoms with Crippen molar-refractivity contribution in [1.82, 2.24) is 0 Å². The van der Waals surface area contributed by atoms with Crippen molar-refractivity contribution in [2.45, 2.75) is 25.6 Å². The minimum Gasteiger partial charge on any atom is -0.404 e. The molecule has 0 radical (unpaired) electrons. The molecule has 1 saturated carbocycles. The van der Waals surface area contributed by atoms with E-state index in [9.17, 15) is 13.2 Å². The van der Waals surface area contributed by atoms with E-state index >= 15 is 0 Å². The summed E-state index contributed by atoms with van der Waals surface area (Å²) in [6, 6.07) is 6.53. The Labute approximate surface area is 122 Å². The van der Waals surface area contributed by atoms with Crippen LogP contribution in [0.1, 0.15) is 19.3 Å². The Hall–Kier alpha value is -1.42. The summed E-state index contributed by atoms with van der Waals surface area (Å²) < 4.78 is 41.6. The first-order valence-electron chi connectivity index (χ1n) is 6.00. The van der Waals surface area contributed by atoms with Crippen LogP contribution in [0, 0.1) is 16.7 Å². The smallest absolute Gasteiger partial charge is 0.404 e. The van der Waals surface area contributed by atoms with Gasteiger partial charge in [0.05, 0.1) is 11.8 Å². The number of nitriles is 1. The number of rotatable bonds is 5. The van der Waals surface area contributed by atoms with Gasteiger partial charge in [-0.05, 0) is 31.0 Å².